The van der Waals surface area contributed by atoms with Crippen LogP contribution in [0.15, 0.2) is 0 Å². The van der Waals surface area contributed by atoms with Crippen molar-refractivity contribution in [3.63, 3.8) is 0 Å². The summed E-state index contributed by atoms with van der Waals surface area (Å²) in [6, 6.07) is 0.294. The maximum Gasteiger partial charge on any atom is 0.407 e. The van der Waals surface area contributed by atoms with Gasteiger partial charge in [0.05, 0.1) is 18.8 Å². The van der Waals surface area contributed by atoms with Gasteiger partial charge in [-0.3, -0.25) is 19.9 Å². The zero-order valence-electron chi connectivity index (χ0n) is 38.0. The number of carbonyl (C=O) groups is 4. The number of urea groups is 2. The van der Waals surface area contributed by atoms with E-state index in [9.17, 15) is 24.4 Å². The van der Waals surface area contributed by atoms with Crippen molar-refractivity contribution in [2.45, 2.75) is 162 Å². The van der Waals surface area contributed by atoms with Crippen molar-refractivity contribution in [3.8, 4) is 0 Å². The number of amides is 6. The Balaban J connectivity index is 0. The Hall–Kier alpha value is -0.392. The SMILES string of the molecule is CC(CN1CC1C)N(O)CCCCCCN(CCCCCC[NH-])C(=O)N(CCCCCCNC(=O)OC(C)(C)COC(C)(C)C)C(=O)NC=O.CC1CN1CCO.[Y].[Y]. The van der Waals surface area contributed by atoms with Gasteiger partial charge in [-0.15, -0.1) is 0 Å². The van der Waals surface area contributed by atoms with Gasteiger partial charge in [-0.1, -0.05) is 44.9 Å². The van der Waals surface area contributed by atoms with E-state index in [1.807, 2.05) is 27.7 Å². The Morgan fingerprint density at radius 1 is 0.831 bits per heavy atom. The molecule has 340 valence electrons. The number of imide groups is 2. The summed E-state index contributed by atoms with van der Waals surface area (Å²) in [6.45, 7) is 23.0. The summed E-state index contributed by atoms with van der Waals surface area (Å²) in [4.78, 5) is 57.2. The van der Waals surface area contributed by atoms with Gasteiger partial charge in [0.15, 0.2) is 0 Å². The molecule has 0 saturated carbocycles. The maximum absolute atomic E-state index is 13.7. The number of hydroxylamine groups is 2. The molecule has 2 aliphatic heterocycles. The maximum atomic E-state index is 13.7. The van der Waals surface area contributed by atoms with Gasteiger partial charge in [0, 0.05) is 142 Å². The average Bonchev–Trinajstić information content (AvgIpc) is 4.05. The molecule has 2 radical (unpaired) electrons. The van der Waals surface area contributed by atoms with Crippen LogP contribution in [-0.2, 0) is 79.7 Å². The molecule has 2 rings (SSSR count). The number of ether oxygens (including phenoxy) is 2. The number of β-amino-alcohol motifs (C(OH)–C–C–N with tert-alkyl or cyclic N) is 1. The summed E-state index contributed by atoms with van der Waals surface area (Å²) in [5.74, 6) is 0. The second-order valence-electron chi connectivity index (χ2n) is 17.3. The topological polar surface area (TPSA) is 191 Å². The van der Waals surface area contributed by atoms with Crippen molar-refractivity contribution in [3.05, 3.63) is 5.73 Å². The van der Waals surface area contributed by atoms with Crippen molar-refractivity contribution < 1.29 is 104 Å². The Bertz CT molecular complexity index is 1140. The van der Waals surface area contributed by atoms with Crippen LogP contribution in [0.25, 0.3) is 5.73 Å². The van der Waals surface area contributed by atoms with Crippen molar-refractivity contribution in [2.24, 2.45) is 0 Å². The van der Waals surface area contributed by atoms with Gasteiger partial charge in [-0.2, -0.15) is 11.6 Å². The molecule has 2 aliphatic rings. The first-order chi connectivity index (χ1) is 26.9. The van der Waals surface area contributed by atoms with E-state index in [1.54, 1.807) is 18.7 Å². The summed E-state index contributed by atoms with van der Waals surface area (Å²) in [5.41, 5.74) is 6.28. The number of hydrogen-bond acceptors (Lipinski definition) is 11. The summed E-state index contributed by atoms with van der Waals surface area (Å²) < 4.78 is 11.2. The van der Waals surface area contributed by atoms with Crippen molar-refractivity contribution in [2.75, 3.05) is 78.7 Å². The normalized spacial score (nSPS) is 18.6. The minimum atomic E-state index is -0.765. The number of rotatable bonds is 29. The third-order valence-corrected chi connectivity index (χ3v) is 10.0. The molecule has 5 N–H and O–H groups in total. The monoisotopic (exact) mass is 991 g/mol. The molecule has 18 heteroatoms. The molecule has 5 unspecified atom stereocenters. The van der Waals surface area contributed by atoms with Gasteiger partial charge in [0.1, 0.15) is 5.60 Å². The van der Waals surface area contributed by atoms with E-state index in [4.69, 9.17) is 20.3 Å². The van der Waals surface area contributed by atoms with Crippen LogP contribution >= 0.6 is 0 Å². The van der Waals surface area contributed by atoms with Crippen LogP contribution in [0.1, 0.15) is 132 Å². The Morgan fingerprint density at radius 2 is 1.34 bits per heavy atom. The quantitative estimate of drug-likeness (QED) is 0.0294. The summed E-state index contributed by atoms with van der Waals surface area (Å²) in [5, 5.41) is 25.1. The van der Waals surface area contributed by atoms with Crippen LogP contribution in [0.2, 0.25) is 0 Å². The first-order valence-corrected chi connectivity index (χ1v) is 21.5. The van der Waals surface area contributed by atoms with E-state index < -0.39 is 23.8 Å². The first-order valence-electron chi connectivity index (χ1n) is 21.5. The van der Waals surface area contributed by atoms with E-state index in [1.165, 1.54) is 11.6 Å². The number of aliphatic hydroxyl groups is 1. The average molecular weight is 992 g/mol. The largest absolute Gasteiger partial charge is 0.677 e. The smallest absolute Gasteiger partial charge is 0.407 e. The molecule has 5 atom stereocenters. The number of unbranched alkanes of at least 4 members (excludes halogenated alkanes) is 9. The van der Waals surface area contributed by atoms with Gasteiger partial charge in [0.2, 0.25) is 6.41 Å². The van der Waals surface area contributed by atoms with Crippen molar-refractivity contribution in [1.29, 1.82) is 0 Å². The number of hydrogen-bond donors (Lipinski definition) is 4. The summed E-state index contributed by atoms with van der Waals surface area (Å²) in [7, 11) is 0. The zero-order valence-corrected chi connectivity index (χ0v) is 43.7. The fourth-order valence-corrected chi connectivity index (χ4v) is 6.18. The number of aliphatic hydroxyl groups excluding tert-OH is 1. The van der Waals surface area contributed by atoms with E-state index >= 15 is 0 Å². The number of nitrogens with zero attached hydrogens (tertiary/aromatic N) is 5. The minimum absolute atomic E-state index is 0. The Morgan fingerprint density at radius 3 is 1.81 bits per heavy atom. The van der Waals surface area contributed by atoms with Crippen LogP contribution in [0, 0.1) is 0 Å². The molecule has 0 bridgehead atoms. The molecule has 59 heavy (non-hydrogen) atoms. The summed E-state index contributed by atoms with van der Waals surface area (Å²) in [6.07, 6.45) is 9.40. The predicted octanol–water partition coefficient (Wildman–Crippen LogP) is 6.09. The predicted molar refractivity (Wildman–Crippen MR) is 224 cm³/mol. The molecule has 0 aromatic carbocycles. The zero-order chi connectivity index (χ0) is 42.9. The molecule has 0 aromatic rings. The van der Waals surface area contributed by atoms with E-state index in [0.29, 0.717) is 64.6 Å². The Labute approximate surface area is 407 Å². The van der Waals surface area contributed by atoms with Crippen molar-refractivity contribution >= 4 is 24.6 Å². The summed E-state index contributed by atoms with van der Waals surface area (Å²) >= 11 is 0. The van der Waals surface area contributed by atoms with Gasteiger partial charge in [-0.05, 0) is 87.5 Å². The van der Waals surface area contributed by atoms with E-state index in [-0.39, 0.29) is 90.2 Å². The molecule has 0 aliphatic carbocycles. The second-order valence-corrected chi connectivity index (χ2v) is 17.3. The molecule has 2 heterocycles. The van der Waals surface area contributed by atoms with E-state index in [2.05, 4.69) is 34.3 Å². The Kier molecular flexibility index (Phi) is 35.1. The third kappa shape index (κ3) is 31.2. The van der Waals surface area contributed by atoms with Crippen LogP contribution in [0.5, 0.6) is 0 Å². The van der Waals surface area contributed by atoms with Crippen LogP contribution in [0.3, 0.4) is 0 Å². The molecule has 0 aromatic heterocycles. The van der Waals surface area contributed by atoms with Gasteiger partial charge >= 0.3 is 18.2 Å². The second kappa shape index (κ2) is 34.1. The number of nitrogens with one attached hydrogen (secondary N) is 3. The standard InChI is InChI=1S/C36H70N7O7.C5H11NO.2Y/c1-30-26-41(30)27-31(2)43(48)25-19-13-12-17-23-40(22-16-10-8-14-20-37)34(47)42(32(45)39-29-44)24-18-11-9-15-21-38-33(46)50-36(6,7)28-49-35(3,4)5;1-5-4-6(5)2-3-7;;/h29-31,37,48H,8-28H2,1-7H3,(H,38,46)(H,39,44,45);5,7H,2-4H2,1H3;;/q-1;;;. The molecule has 2 saturated heterocycles. The molecule has 16 nitrogen and oxygen atoms in total. The number of alkyl carbamates (subject to hydrolysis) is 1. The fourth-order valence-electron chi connectivity index (χ4n) is 6.18. The molecular formula is C41H81N8O8Y2-. The molecule has 6 amide bonds. The molecular weight excluding hydrogens is 910 g/mol. The molecule has 2 fully saturated rings. The van der Waals surface area contributed by atoms with Crippen LogP contribution in [0.4, 0.5) is 14.4 Å². The van der Waals surface area contributed by atoms with Crippen LogP contribution in [-0.4, -0.2) is 168 Å². The molecule has 0 spiro atoms. The first kappa shape index (κ1) is 60.7. The van der Waals surface area contributed by atoms with Gasteiger partial charge < -0.3 is 35.7 Å². The van der Waals surface area contributed by atoms with E-state index in [0.717, 1.165) is 94.8 Å². The fraction of sp³-hybridized carbons (Fsp3) is 0.902. The van der Waals surface area contributed by atoms with Gasteiger partial charge in [0.25, 0.3) is 0 Å². The third-order valence-electron chi connectivity index (χ3n) is 10.0. The van der Waals surface area contributed by atoms with Gasteiger partial charge in [-0.25, -0.2) is 19.3 Å². The van der Waals surface area contributed by atoms with Crippen LogP contribution < -0.4 is 10.6 Å². The number of carbonyl (C=O) groups excluding carboxylic acids is 4. The van der Waals surface area contributed by atoms with Crippen molar-refractivity contribution in [1.82, 2.24) is 35.3 Å². The minimum Gasteiger partial charge on any atom is -0.677 e.